The molecular weight excluding hydrogens is 492 g/mol. The lowest BCUT2D eigenvalue weighted by atomic mass is 10.1. The quantitative estimate of drug-likeness (QED) is 0.471. The Morgan fingerprint density at radius 1 is 0.892 bits per heavy atom. The zero-order valence-corrected chi connectivity index (χ0v) is 21.6. The van der Waals surface area contributed by atoms with Gasteiger partial charge < -0.3 is 19.9 Å². The van der Waals surface area contributed by atoms with E-state index in [9.17, 15) is 18.0 Å². The van der Waals surface area contributed by atoms with E-state index < -0.39 is 15.9 Å². The molecule has 1 saturated heterocycles. The SMILES string of the molecule is COc1ccc(C(=O)Nc2ccc(C(=O)N3CCN(C)CC3)cc2)cc1S(=O)(=O)NCc1ccccc1. The van der Waals surface area contributed by atoms with E-state index in [1.54, 1.807) is 24.3 Å². The van der Waals surface area contributed by atoms with E-state index in [0.29, 0.717) is 24.3 Å². The number of hydrogen-bond acceptors (Lipinski definition) is 6. The zero-order chi connectivity index (χ0) is 26.4. The van der Waals surface area contributed by atoms with Gasteiger partial charge in [-0.25, -0.2) is 13.1 Å². The number of hydrogen-bond donors (Lipinski definition) is 2. The minimum Gasteiger partial charge on any atom is -0.495 e. The van der Waals surface area contributed by atoms with Crippen molar-refractivity contribution in [3.63, 3.8) is 0 Å². The van der Waals surface area contributed by atoms with Crippen molar-refractivity contribution in [1.82, 2.24) is 14.5 Å². The molecule has 0 bridgehead atoms. The second-order valence-corrected chi connectivity index (χ2v) is 10.5. The Morgan fingerprint density at radius 2 is 1.54 bits per heavy atom. The van der Waals surface area contributed by atoms with Gasteiger partial charge in [0, 0.05) is 49.5 Å². The number of carbonyl (C=O) groups is 2. The lowest BCUT2D eigenvalue weighted by Gasteiger charge is -2.32. The van der Waals surface area contributed by atoms with Gasteiger partial charge in [-0.2, -0.15) is 0 Å². The lowest BCUT2D eigenvalue weighted by molar-refractivity contribution is 0.0664. The van der Waals surface area contributed by atoms with Crippen LogP contribution in [0.2, 0.25) is 0 Å². The third-order valence-electron chi connectivity index (χ3n) is 6.20. The molecule has 0 radical (unpaired) electrons. The van der Waals surface area contributed by atoms with E-state index in [-0.39, 0.29) is 28.7 Å². The van der Waals surface area contributed by atoms with Crippen molar-refractivity contribution in [1.29, 1.82) is 0 Å². The maximum Gasteiger partial charge on any atom is 0.255 e. The number of ether oxygens (including phenoxy) is 1. The monoisotopic (exact) mass is 522 g/mol. The Kier molecular flexibility index (Phi) is 8.22. The molecule has 0 spiro atoms. The summed E-state index contributed by atoms with van der Waals surface area (Å²) in [6.07, 6.45) is 0. The molecule has 2 amide bonds. The van der Waals surface area contributed by atoms with E-state index >= 15 is 0 Å². The fraction of sp³-hybridized carbons (Fsp3) is 0.259. The standard InChI is InChI=1S/C27H30N4O5S/c1-30-14-16-31(17-15-30)27(33)21-8-11-23(12-9-21)29-26(32)22-10-13-24(36-2)25(18-22)37(34,35)28-19-20-6-4-3-5-7-20/h3-13,18,28H,14-17,19H2,1-2H3,(H,29,32). The molecule has 0 aromatic heterocycles. The minimum atomic E-state index is -3.96. The van der Waals surface area contributed by atoms with Gasteiger partial charge in [0.25, 0.3) is 11.8 Å². The molecule has 2 N–H and O–H groups in total. The summed E-state index contributed by atoms with van der Waals surface area (Å²) in [5.74, 6) is -0.400. The first-order valence-corrected chi connectivity index (χ1v) is 13.4. The molecule has 1 heterocycles. The van der Waals surface area contributed by atoms with Gasteiger partial charge in [0.2, 0.25) is 10.0 Å². The van der Waals surface area contributed by atoms with Crippen LogP contribution >= 0.6 is 0 Å². The summed E-state index contributed by atoms with van der Waals surface area (Å²) < 4.78 is 33.8. The number of benzene rings is 3. The van der Waals surface area contributed by atoms with Crippen molar-refractivity contribution in [2.75, 3.05) is 45.7 Å². The molecule has 10 heteroatoms. The molecule has 1 fully saturated rings. The second kappa shape index (κ2) is 11.5. The highest BCUT2D eigenvalue weighted by Gasteiger charge is 2.23. The molecule has 9 nitrogen and oxygen atoms in total. The van der Waals surface area contributed by atoms with E-state index in [2.05, 4.69) is 14.9 Å². The number of methoxy groups -OCH3 is 1. The van der Waals surface area contributed by atoms with Crippen molar-refractivity contribution < 1.29 is 22.7 Å². The van der Waals surface area contributed by atoms with Crippen molar-refractivity contribution in [2.24, 2.45) is 0 Å². The number of anilines is 1. The van der Waals surface area contributed by atoms with E-state index in [0.717, 1.165) is 18.7 Å². The number of nitrogens with one attached hydrogen (secondary N) is 2. The van der Waals surface area contributed by atoms with Crippen LogP contribution < -0.4 is 14.8 Å². The third-order valence-corrected chi connectivity index (χ3v) is 7.63. The van der Waals surface area contributed by atoms with E-state index in [1.807, 2.05) is 42.3 Å². The normalized spacial score (nSPS) is 14.3. The number of rotatable bonds is 8. The molecule has 0 atom stereocenters. The predicted octanol–water partition coefficient (Wildman–Crippen LogP) is 2.81. The predicted molar refractivity (Wildman–Crippen MR) is 141 cm³/mol. The number of piperazine rings is 1. The molecule has 194 valence electrons. The topological polar surface area (TPSA) is 108 Å². The minimum absolute atomic E-state index is 0.0426. The van der Waals surface area contributed by atoms with Crippen LogP contribution in [0.4, 0.5) is 5.69 Å². The highest BCUT2D eigenvalue weighted by Crippen LogP contribution is 2.26. The Balaban J connectivity index is 1.45. The van der Waals surface area contributed by atoms with Crippen LogP contribution in [0.25, 0.3) is 0 Å². The van der Waals surface area contributed by atoms with Crippen molar-refractivity contribution >= 4 is 27.5 Å². The number of amides is 2. The van der Waals surface area contributed by atoms with E-state index in [1.165, 1.54) is 25.3 Å². The molecule has 0 unspecified atom stereocenters. The Labute approximate surface area is 217 Å². The van der Waals surface area contributed by atoms with Crippen molar-refractivity contribution in [3.05, 3.63) is 89.5 Å². The van der Waals surface area contributed by atoms with Gasteiger partial charge in [-0.3, -0.25) is 9.59 Å². The molecule has 3 aromatic carbocycles. The zero-order valence-electron chi connectivity index (χ0n) is 20.8. The van der Waals surface area contributed by atoms with Gasteiger partial charge in [-0.15, -0.1) is 0 Å². The summed E-state index contributed by atoms with van der Waals surface area (Å²) in [4.78, 5) is 29.5. The number of likely N-dealkylation sites (N-methyl/N-ethyl adjacent to an activating group) is 1. The highest BCUT2D eigenvalue weighted by atomic mass is 32.2. The molecule has 3 aromatic rings. The third kappa shape index (κ3) is 6.53. The van der Waals surface area contributed by atoms with Crippen LogP contribution in [0.3, 0.4) is 0 Å². The molecule has 0 saturated carbocycles. The van der Waals surface area contributed by atoms with Gasteiger partial charge in [0.15, 0.2) is 0 Å². The Bertz CT molecular complexity index is 1350. The summed E-state index contributed by atoms with van der Waals surface area (Å²) in [6.45, 7) is 3.12. The molecule has 4 rings (SSSR count). The summed E-state index contributed by atoms with van der Waals surface area (Å²) >= 11 is 0. The van der Waals surface area contributed by atoms with Crippen LogP contribution in [-0.4, -0.2) is 70.4 Å². The summed E-state index contributed by atoms with van der Waals surface area (Å²) in [5.41, 5.74) is 1.99. The Morgan fingerprint density at radius 3 is 2.19 bits per heavy atom. The number of carbonyl (C=O) groups excluding carboxylic acids is 2. The van der Waals surface area contributed by atoms with Gasteiger partial charge >= 0.3 is 0 Å². The number of nitrogens with zero attached hydrogens (tertiary/aromatic N) is 2. The molecular formula is C27H30N4O5S. The van der Waals surface area contributed by atoms with Crippen LogP contribution in [-0.2, 0) is 16.6 Å². The van der Waals surface area contributed by atoms with Gasteiger partial charge in [0.1, 0.15) is 10.6 Å². The summed E-state index contributed by atoms with van der Waals surface area (Å²) in [7, 11) is -0.559. The van der Waals surface area contributed by atoms with Crippen LogP contribution in [0.15, 0.2) is 77.7 Å². The first-order chi connectivity index (χ1) is 17.8. The summed E-state index contributed by atoms with van der Waals surface area (Å²) in [5, 5.41) is 2.76. The van der Waals surface area contributed by atoms with Crippen molar-refractivity contribution in [3.8, 4) is 5.75 Å². The number of sulfonamides is 1. The average molecular weight is 523 g/mol. The first kappa shape index (κ1) is 26.3. The molecule has 1 aliphatic rings. The highest BCUT2D eigenvalue weighted by molar-refractivity contribution is 7.89. The van der Waals surface area contributed by atoms with Crippen LogP contribution in [0.1, 0.15) is 26.3 Å². The van der Waals surface area contributed by atoms with E-state index in [4.69, 9.17) is 4.74 Å². The molecule has 37 heavy (non-hydrogen) atoms. The van der Waals surface area contributed by atoms with Crippen molar-refractivity contribution in [2.45, 2.75) is 11.4 Å². The van der Waals surface area contributed by atoms with Gasteiger partial charge in [-0.1, -0.05) is 30.3 Å². The molecule has 0 aliphatic carbocycles. The summed E-state index contributed by atoms with van der Waals surface area (Å²) in [6, 6.07) is 20.0. The maximum atomic E-state index is 13.0. The fourth-order valence-corrected chi connectivity index (χ4v) is 5.18. The fourth-order valence-electron chi connectivity index (χ4n) is 3.97. The first-order valence-electron chi connectivity index (χ1n) is 11.9. The smallest absolute Gasteiger partial charge is 0.255 e. The Hall–Kier alpha value is -3.73. The maximum absolute atomic E-state index is 13.0. The van der Waals surface area contributed by atoms with Crippen LogP contribution in [0, 0.1) is 0 Å². The lowest BCUT2D eigenvalue weighted by Crippen LogP contribution is -2.47. The molecule has 1 aliphatic heterocycles. The second-order valence-electron chi connectivity index (χ2n) is 8.80. The average Bonchev–Trinajstić information content (AvgIpc) is 2.92. The largest absolute Gasteiger partial charge is 0.495 e. The van der Waals surface area contributed by atoms with Gasteiger partial charge in [0.05, 0.1) is 7.11 Å². The van der Waals surface area contributed by atoms with Gasteiger partial charge in [-0.05, 0) is 55.1 Å². The van der Waals surface area contributed by atoms with Crippen LogP contribution in [0.5, 0.6) is 5.75 Å².